The van der Waals surface area contributed by atoms with Gasteiger partial charge in [-0.1, -0.05) is 12.9 Å². The summed E-state index contributed by atoms with van der Waals surface area (Å²) in [6.45, 7) is -6.51. The maximum atomic E-state index is 12.6. The Labute approximate surface area is 217 Å². The number of aryl methyl sites for hydroxylation is 1. The molecule has 1 aromatic heterocycles. The number of piperidine rings is 1. The molecule has 3 heterocycles. The summed E-state index contributed by atoms with van der Waals surface area (Å²) in [7, 11) is -3.33. The van der Waals surface area contributed by atoms with Crippen LogP contribution in [-0.2, 0) is 26.7 Å². The van der Waals surface area contributed by atoms with E-state index < -0.39 is 41.3 Å². The predicted octanol–water partition coefficient (Wildman–Crippen LogP) is 3.75. The number of aliphatic hydroxyl groups excluding tert-OH is 1. The fourth-order valence-corrected chi connectivity index (χ4v) is 5.95. The maximum Gasteiger partial charge on any atom is 0.409 e. The van der Waals surface area contributed by atoms with Crippen LogP contribution in [0.5, 0.6) is 5.75 Å². The lowest BCUT2D eigenvalue weighted by Gasteiger charge is -2.44. The van der Waals surface area contributed by atoms with Crippen molar-refractivity contribution in [2.75, 3.05) is 32.0 Å². The molecule has 35 heavy (non-hydrogen) atoms. The van der Waals surface area contributed by atoms with Crippen molar-refractivity contribution in [3.63, 3.8) is 0 Å². The number of nitrogens with zero attached hydrogens (tertiary/aromatic N) is 2. The SMILES string of the molecule is [2H]C([2H])([2H])C([2H])([2H])C([2H])([2H])OC(=O)N1CCC2(CCc3cc(-c4ccc(CS(=O)(=O)CCCO)cn4)ccc3O2)CC1. The first-order chi connectivity index (χ1) is 19.5. The standard InChI is InChI=1S/C26H34N2O6S/c1-2-15-33-25(30)28-12-10-26(11-13-28)9-8-22-17-21(5-7-24(22)34-26)23-6-4-20(18-27-23)19-35(31,32)16-3-14-29/h4-7,17-18,29H,2-3,8-16,19H2,1H3/i1D3,2D2,15D2. The number of carbonyl (C=O) groups excluding carboxylic acids is 1. The highest BCUT2D eigenvalue weighted by molar-refractivity contribution is 7.90. The number of carbonyl (C=O) groups is 1. The van der Waals surface area contributed by atoms with Crippen LogP contribution >= 0.6 is 0 Å². The predicted molar refractivity (Wildman–Crippen MR) is 133 cm³/mol. The molecule has 1 spiro atoms. The lowest BCUT2D eigenvalue weighted by atomic mass is 9.83. The summed E-state index contributed by atoms with van der Waals surface area (Å²) in [5.74, 6) is 0.483. The van der Waals surface area contributed by atoms with Gasteiger partial charge in [0.15, 0.2) is 9.84 Å². The molecule has 190 valence electrons. The van der Waals surface area contributed by atoms with Crippen molar-refractivity contribution in [3.8, 4) is 17.0 Å². The molecule has 8 nitrogen and oxygen atoms in total. The van der Waals surface area contributed by atoms with Gasteiger partial charge < -0.3 is 19.5 Å². The smallest absolute Gasteiger partial charge is 0.409 e. The third-order valence-corrected chi connectivity index (χ3v) is 8.16. The van der Waals surface area contributed by atoms with Gasteiger partial charge in [0.25, 0.3) is 0 Å². The van der Waals surface area contributed by atoms with E-state index >= 15 is 0 Å². The van der Waals surface area contributed by atoms with Crippen molar-refractivity contribution in [1.29, 1.82) is 0 Å². The van der Waals surface area contributed by atoms with E-state index in [0.29, 0.717) is 42.7 Å². The van der Waals surface area contributed by atoms with Crippen LogP contribution in [0.2, 0.25) is 0 Å². The Morgan fingerprint density at radius 2 is 2.11 bits per heavy atom. The van der Waals surface area contributed by atoms with Crippen LogP contribution in [0.1, 0.15) is 59.6 Å². The first-order valence-corrected chi connectivity index (χ1v) is 13.4. The van der Waals surface area contributed by atoms with Gasteiger partial charge in [0.05, 0.1) is 26.5 Å². The van der Waals surface area contributed by atoms with E-state index in [4.69, 9.17) is 24.2 Å². The van der Waals surface area contributed by atoms with E-state index in [1.54, 1.807) is 12.1 Å². The molecular weight excluding hydrogens is 468 g/mol. The molecule has 1 N–H and O–H groups in total. The quantitative estimate of drug-likeness (QED) is 0.578. The Morgan fingerprint density at radius 1 is 1.29 bits per heavy atom. The molecule has 4 rings (SSSR count). The van der Waals surface area contributed by atoms with E-state index in [2.05, 4.69) is 4.98 Å². The zero-order valence-electron chi connectivity index (χ0n) is 26.3. The maximum absolute atomic E-state index is 12.6. The van der Waals surface area contributed by atoms with Crippen molar-refractivity contribution >= 4 is 15.9 Å². The van der Waals surface area contributed by atoms with Crippen LogP contribution in [-0.4, -0.2) is 67.1 Å². The van der Waals surface area contributed by atoms with Crippen molar-refractivity contribution < 1.29 is 37.4 Å². The van der Waals surface area contributed by atoms with Crippen LogP contribution in [0, 0.1) is 0 Å². The van der Waals surface area contributed by atoms with E-state index in [9.17, 15) is 13.2 Å². The zero-order chi connectivity index (χ0) is 31.0. The van der Waals surface area contributed by atoms with Crippen molar-refractivity contribution in [1.82, 2.24) is 9.88 Å². The summed E-state index contributed by atoms with van der Waals surface area (Å²) >= 11 is 0. The number of pyridine rings is 1. The fourth-order valence-electron chi connectivity index (χ4n) is 4.55. The zero-order valence-corrected chi connectivity index (χ0v) is 20.1. The Morgan fingerprint density at radius 3 is 2.83 bits per heavy atom. The number of rotatable bonds is 8. The largest absolute Gasteiger partial charge is 0.487 e. The van der Waals surface area contributed by atoms with Crippen LogP contribution < -0.4 is 4.74 Å². The van der Waals surface area contributed by atoms with Crippen LogP contribution in [0.3, 0.4) is 0 Å². The summed E-state index contributed by atoms with van der Waals surface area (Å²) in [6, 6.07) is 9.20. The molecule has 0 bridgehead atoms. The monoisotopic (exact) mass is 509 g/mol. The van der Waals surface area contributed by atoms with E-state index in [1.807, 2.05) is 18.2 Å². The van der Waals surface area contributed by atoms with Gasteiger partial charge in [-0.3, -0.25) is 4.98 Å². The van der Waals surface area contributed by atoms with Gasteiger partial charge >= 0.3 is 6.09 Å². The minimum absolute atomic E-state index is 0.0813. The van der Waals surface area contributed by atoms with Gasteiger partial charge in [-0.2, -0.15) is 0 Å². The lowest BCUT2D eigenvalue weighted by molar-refractivity contribution is -0.0142. The van der Waals surface area contributed by atoms with E-state index in [-0.39, 0.29) is 37.6 Å². The molecule has 0 unspecified atom stereocenters. The fraction of sp³-hybridized carbons (Fsp3) is 0.538. The summed E-state index contributed by atoms with van der Waals surface area (Å²) < 4.78 is 87.9. The van der Waals surface area contributed by atoms with Crippen LogP contribution in [0.4, 0.5) is 4.79 Å². The number of likely N-dealkylation sites (tertiary alicyclic amines) is 1. The topological polar surface area (TPSA) is 106 Å². The molecule has 2 aliphatic heterocycles. The van der Waals surface area contributed by atoms with Crippen LogP contribution in [0.15, 0.2) is 36.5 Å². The Hall–Kier alpha value is -2.65. The Bertz CT molecular complexity index is 1390. The van der Waals surface area contributed by atoms with E-state index in [1.165, 1.54) is 11.1 Å². The second-order valence-corrected chi connectivity index (χ2v) is 11.1. The average Bonchev–Trinajstić information content (AvgIpc) is 2.91. The number of sulfone groups is 1. The lowest BCUT2D eigenvalue weighted by Crippen LogP contribution is -2.51. The molecule has 1 fully saturated rings. The highest BCUT2D eigenvalue weighted by atomic mass is 32.2. The molecule has 2 aliphatic rings. The number of aromatic nitrogens is 1. The molecule has 1 saturated heterocycles. The van der Waals surface area contributed by atoms with Gasteiger partial charge in [-0.15, -0.1) is 0 Å². The summed E-state index contributed by atoms with van der Waals surface area (Å²) in [5.41, 5.74) is 2.55. The normalized spacial score (nSPS) is 21.2. The summed E-state index contributed by atoms with van der Waals surface area (Å²) in [5, 5.41) is 8.88. The molecule has 0 saturated carbocycles. The van der Waals surface area contributed by atoms with Crippen molar-refractivity contribution in [3.05, 3.63) is 47.7 Å². The average molecular weight is 510 g/mol. The number of hydrogen-bond donors (Lipinski definition) is 1. The number of amides is 1. The number of fused-ring (bicyclic) bond motifs is 1. The summed E-state index contributed by atoms with van der Waals surface area (Å²) in [6.07, 6.45) is -0.526. The molecule has 0 aliphatic carbocycles. The highest BCUT2D eigenvalue weighted by Gasteiger charge is 2.40. The number of aliphatic hydroxyl groups is 1. The number of ether oxygens (including phenoxy) is 2. The van der Waals surface area contributed by atoms with Crippen molar-refractivity contribution in [2.45, 2.75) is 56.7 Å². The first-order valence-electron chi connectivity index (χ1n) is 15.0. The second kappa shape index (κ2) is 11.0. The van der Waals surface area contributed by atoms with Crippen LogP contribution in [0.25, 0.3) is 11.3 Å². The van der Waals surface area contributed by atoms with Crippen molar-refractivity contribution in [2.24, 2.45) is 0 Å². The van der Waals surface area contributed by atoms with Gasteiger partial charge in [0.2, 0.25) is 0 Å². The van der Waals surface area contributed by atoms with Gasteiger partial charge in [0.1, 0.15) is 11.4 Å². The number of hydrogen-bond acceptors (Lipinski definition) is 7. The van der Waals surface area contributed by atoms with Gasteiger partial charge in [-0.05, 0) is 61.0 Å². The first kappa shape index (κ1) is 17.7. The summed E-state index contributed by atoms with van der Waals surface area (Å²) in [4.78, 5) is 18.3. The Kier molecular flexibility index (Phi) is 5.55. The Balaban J connectivity index is 1.36. The molecule has 9 heteroatoms. The van der Waals surface area contributed by atoms with Gasteiger partial charge in [0, 0.05) is 51.2 Å². The third-order valence-electron chi connectivity index (χ3n) is 6.48. The van der Waals surface area contributed by atoms with Gasteiger partial charge in [-0.25, -0.2) is 13.2 Å². The minimum atomic E-state index is -3.39. The van der Waals surface area contributed by atoms with E-state index in [0.717, 1.165) is 11.1 Å². The number of benzene rings is 1. The molecular formula is C26H34N2O6S. The molecule has 1 aromatic carbocycles. The second-order valence-electron chi connectivity index (χ2n) is 8.91. The highest BCUT2D eigenvalue weighted by Crippen LogP contribution is 2.40. The minimum Gasteiger partial charge on any atom is -0.487 e. The third kappa shape index (κ3) is 6.32. The molecule has 1 amide bonds. The molecule has 0 radical (unpaired) electrons. The molecule has 0 atom stereocenters. The molecule has 2 aromatic rings.